The monoisotopic (exact) mass is 432 g/mol. The molecule has 2 aliphatic heterocycles. The summed E-state index contributed by atoms with van der Waals surface area (Å²) in [6.07, 6.45) is 2.85. The van der Waals surface area contributed by atoms with Crippen LogP contribution in [-0.4, -0.2) is 72.5 Å². The quantitative estimate of drug-likeness (QED) is 0.511. The molecule has 2 fully saturated rings. The standard InChI is InChI=1S/C21H28N4O4S/c26-19(22-6-2-7-24-8-11-28-12-9-24)15-4-5-17-18(13-15)23-21(30)25(20(17)27)14-16-3-1-10-29-16/h4-5,13,16H,1-3,6-12,14H2,(H,22,26)(H,23,30). The fourth-order valence-corrected chi connectivity index (χ4v) is 4.25. The van der Waals surface area contributed by atoms with Gasteiger partial charge in [0.1, 0.15) is 0 Å². The molecule has 8 nitrogen and oxygen atoms in total. The molecule has 2 aliphatic rings. The van der Waals surface area contributed by atoms with Crippen molar-refractivity contribution in [2.45, 2.75) is 31.9 Å². The number of H-pyrrole nitrogens is 1. The van der Waals surface area contributed by atoms with Crippen LogP contribution in [0.15, 0.2) is 23.0 Å². The summed E-state index contributed by atoms with van der Waals surface area (Å²) in [5, 5.41) is 3.47. The van der Waals surface area contributed by atoms with Crippen molar-refractivity contribution in [2.75, 3.05) is 46.0 Å². The Hall–Kier alpha value is -2.07. The number of hydrogen-bond acceptors (Lipinski definition) is 6. The molecule has 30 heavy (non-hydrogen) atoms. The number of aromatic amines is 1. The molecule has 1 unspecified atom stereocenters. The average molecular weight is 433 g/mol. The van der Waals surface area contributed by atoms with Gasteiger partial charge >= 0.3 is 0 Å². The molecule has 0 radical (unpaired) electrons. The van der Waals surface area contributed by atoms with E-state index in [1.165, 1.54) is 0 Å². The van der Waals surface area contributed by atoms with Gasteiger partial charge in [0.15, 0.2) is 4.77 Å². The molecule has 4 rings (SSSR count). The number of carbonyl (C=O) groups is 1. The lowest BCUT2D eigenvalue weighted by Crippen LogP contribution is -2.38. The van der Waals surface area contributed by atoms with Crippen molar-refractivity contribution in [3.8, 4) is 0 Å². The number of benzene rings is 1. The molecule has 0 saturated carbocycles. The van der Waals surface area contributed by atoms with Crippen LogP contribution < -0.4 is 10.9 Å². The summed E-state index contributed by atoms with van der Waals surface area (Å²) >= 11 is 5.40. The van der Waals surface area contributed by atoms with E-state index in [0.717, 1.165) is 58.7 Å². The second kappa shape index (κ2) is 9.82. The van der Waals surface area contributed by atoms with E-state index in [1.807, 2.05) is 0 Å². The lowest BCUT2D eigenvalue weighted by Gasteiger charge is -2.26. The molecule has 1 aromatic heterocycles. The number of morpholine rings is 1. The summed E-state index contributed by atoms with van der Waals surface area (Å²) < 4.78 is 12.9. The number of nitrogens with zero attached hydrogens (tertiary/aromatic N) is 2. The van der Waals surface area contributed by atoms with Crippen LogP contribution in [-0.2, 0) is 16.0 Å². The lowest BCUT2D eigenvalue weighted by atomic mass is 10.1. The summed E-state index contributed by atoms with van der Waals surface area (Å²) in [6.45, 7) is 6.18. The van der Waals surface area contributed by atoms with Gasteiger partial charge in [0, 0.05) is 31.8 Å². The van der Waals surface area contributed by atoms with Gasteiger partial charge in [-0.2, -0.15) is 0 Å². The normalized spacial score (nSPS) is 19.9. The number of ether oxygens (including phenoxy) is 2. The second-order valence-corrected chi connectivity index (χ2v) is 8.19. The molecule has 2 saturated heterocycles. The van der Waals surface area contributed by atoms with Gasteiger partial charge in [0.25, 0.3) is 11.5 Å². The van der Waals surface area contributed by atoms with Crippen LogP contribution in [0.1, 0.15) is 29.6 Å². The van der Waals surface area contributed by atoms with Gasteiger partial charge in [-0.1, -0.05) is 0 Å². The van der Waals surface area contributed by atoms with Crippen molar-refractivity contribution >= 4 is 29.0 Å². The molecule has 162 valence electrons. The number of hydrogen-bond donors (Lipinski definition) is 2. The van der Waals surface area contributed by atoms with E-state index in [1.54, 1.807) is 22.8 Å². The van der Waals surface area contributed by atoms with Crippen LogP contribution >= 0.6 is 12.2 Å². The Bertz CT molecular complexity index is 1010. The fourth-order valence-electron chi connectivity index (χ4n) is 3.98. The Kier molecular flexibility index (Phi) is 6.93. The zero-order valence-corrected chi connectivity index (χ0v) is 17.8. The second-order valence-electron chi connectivity index (χ2n) is 7.80. The smallest absolute Gasteiger partial charge is 0.262 e. The molecular formula is C21H28N4O4S. The van der Waals surface area contributed by atoms with Gasteiger partial charge in [-0.05, 0) is 56.2 Å². The molecule has 2 N–H and O–H groups in total. The van der Waals surface area contributed by atoms with Gasteiger partial charge in [-0.25, -0.2) is 0 Å². The molecule has 0 spiro atoms. The minimum Gasteiger partial charge on any atom is -0.379 e. The van der Waals surface area contributed by atoms with Gasteiger partial charge in [-0.15, -0.1) is 0 Å². The molecule has 1 atom stereocenters. The van der Waals surface area contributed by atoms with Crippen LogP contribution in [0.4, 0.5) is 0 Å². The Morgan fingerprint density at radius 1 is 1.27 bits per heavy atom. The maximum absolute atomic E-state index is 12.9. The number of aromatic nitrogens is 2. The molecule has 3 heterocycles. The van der Waals surface area contributed by atoms with Crippen LogP contribution in [0.25, 0.3) is 10.9 Å². The van der Waals surface area contributed by atoms with Crippen LogP contribution in [0.5, 0.6) is 0 Å². The van der Waals surface area contributed by atoms with Gasteiger partial charge in [-0.3, -0.25) is 19.1 Å². The van der Waals surface area contributed by atoms with Crippen molar-refractivity contribution in [1.82, 2.24) is 19.8 Å². The SMILES string of the molecule is O=C(NCCCN1CCOCC1)c1ccc2c(=O)n(CC3CCCO3)c(=S)[nH]c2c1. The van der Waals surface area contributed by atoms with Crippen molar-refractivity contribution < 1.29 is 14.3 Å². The summed E-state index contributed by atoms with van der Waals surface area (Å²) in [5.74, 6) is -0.151. The van der Waals surface area contributed by atoms with Crippen molar-refractivity contribution in [1.29, 1.82) is 0 Å². The molecule has 9 heteroatoms. The highest BCUT2D eigenvalue weighted by molar-refractivity contribution is 7.71. The molecular weight excluding hydrogens is 404 g/mol. The zero-order chi connectivity index (χ0) is 20.9. The minimum atomic E-state index is -0.151. The third-order valence-corrected chi connectivity index (χ3v) is 6.02. The number of amides is 1. The number of rotatable bonds is 7. The predicted octanol–water partition coefficient (Wildman–Crippen LogP) is 1.69. The Labute approximate surface area is 180 Å². The highest BCUT2D eigenvalue weighted by atomic mass is 32.1. The third kappa shape index (κ3) is 4.97. The maximum atomic E-state index is 12.9. The third-order valence-electron chi connectivity index (χ3n) is 5.69. The summed E-state index contributed by atoms with van der Waals surface area (Å²) in [5.41, 5.74) is 0.937. The largest absolute Gasteiger partial charge is 0.379 e. The Morgan fingerprint density at radius 3 is 2.87 bits per heavy atom. The van der Waals surface area contributed by atoms with Crippen LogP contribution in [0.3, 0.4) is 0 Å². The fraction of sp³-hybridized carbons (Fsp3) is 0.571. The van der Waals surface area contributed by atoms with Crippen molar-refractivity contribution in [2.24, 2.45) is 0 Å². The summed E-state index contributed by atoms with van der Waals surface area (Å²) in [4.78, 5) is 30.9. The molecule has 0 aliphatic carbocycles. The Morgan fingerprint density at radius 2 is 2.10 bits per heavy atom. The van der Waals surface area contributed by atoms with Crippen LogP contribution in [0, 0.1) is 4.77 Å². The molecule has 0 bridgehead atoms. The van der Waals surface area contributed by atoms with Gasteiger partial charge in [0.2, 0.25) is 0 Å². The first-order valence-corrected chi connectivity index (χ1v) is 11.0. The van der Waals surface area contributed by atoms with E-state index in [4.69, 9.17) is 21.7 Å². The highest BCUT2D eigenvalue weighted by Gasteiger charge is 2.18. The number of fused-ring (bicyclic) bond motifs is 1. The Balaban J connectivity index is 1.40. The van der Waals surface area contributed by atoms with E-state index < -0.39 is 0 Å². The van der Waals surface area contributed by atoms with Crippen molar-refractivity contribution in [3.05, 3.63) is 38.9 Å². The van der Waals surface area contributed by atoms with Crippen LogP contribution in [0.2, 0.25) is 0 Å². The molecule has 2 aromatic rings. The summed E-state index contributed by atoms with van der Waals surface area (Å²) in [7, 11) is 0. The average Bonchev–Trinajstić information content (AvgIpc) is 3.28. The van der Waals surface area contributed by atoms with E-state index >= 15 is 0 Å². The predicted molar refractivity (Wildman–Crippen MR) is 117 cm³/mol. The maximum Gasteiger partial charge on any atom is 0.262 e. The molecule has 1 aromatic carbocycles. The van der Waals surface area contributed by atoms with Gasteiger partial charge < -0.3 is 19.8 Å². The molecule has 1 amide bonds. The van der Waals surface area contributed by atoms with E-state index in [-0.39, 0.29) is 17.6 Å². The van der Waals surface area contributed by atoms with Gasteiger partial charge in [0.05, 0.1) is 36.8 Å². The topological polar surface area (TPSA) is 88.6 Å². The van der Waals surface area contributed by atoms with E-state index in [2.05, 4.69) is 15.2 Å². The summed E-state index contributed by atoms with van der Waals surface area (Å²) in [6, 6.07) is 5.08. The van der Waals surface area contributed by atoms with E-state index in [9.17, 15) is 9.59 Å². The zero-order valence-electron chi connectivity index (χ0n) is 17.0. The number of nitrogens with one attached hydrogen (secondary N) is 2. The first kappa shape index (κ1) is 21.2. The first-order valence-electron chi connectivity index (χ1n) is 10.6. The first-order chi connectivity index (χ1) is 14.6. The lowest BCUT2D eigenvalue weighted by molar-refractivity contribution is 0.0374. The van der Waals surface area contributed by atoms with Crippen molar-refractivity contribution in [3.63, 3.8) is 0 Å². The number of carbonyl (C=O) groups excluding carboxylic acids is 1. The minimum absolute atomic E-state index is 0.0257. The van der Waals surface area contributed by atoms with E-state index in [0.29, 0.717) is 34.3 Å². The highest BCUT2D eigenvalue weighted by Crippen LogP contribution is 2.15.